The van der Waals surface area contributed by atoms with E-state index in [1.165, 1.54) is 76.6 Å². The Bertz CT molecular complexity index is 144. The highest BCUT2D eigenvalue weighted by Crippen LogP contribution is 2.20. The van der Waals surface area contributed by atoms with Crippen LogP contribution < -0.4 is 5.32 Å². The molecule has 0 spiro atoms. The largest absolute Gasteiger partial charge is 0.315 e. The first-order chi connectivity index (χ1) is 7.93. The first-order valence-corrected chi connectivity index (χ1v) is 8.30. The number of hydrogen-bond acceptors (Lipinski definition) is 2. The molecular weight excluding hydrogens is 214 g/mol. The molecule has 0 radical (unpaired) electrons. The molecule has 0 bridgehead atoms. The van der Waals surface area contributed by atoms with Gasteiger partial charge >= 0.3 is 0 Å². The Morgan fingerprint density at radius 2 is 1.69 bits per heavy atom. The third-order valence-corrected chi connectivity index (χ3v) is 4.70. The van der Waals surface area contributed by atoms with Crippen LogP contribution in [0.4, 0.5) is 0 Å². The van der Waals surface area contributed by atoms with Crippen LogP contribution in [-0.2, 0) is 0 Å². The van der Waals surface area contributed by atoms with Gasteiger partial charge in [-0.15, -0.1) is 0 Å². The highest BCUT2D eigenvalue weighted by atomic mass is 32.2. The van der Waals surface area contributed by atoms with Gasteiger partial charge in [0.15, 0.2) is 0 Å². The summed E-state index contributed by atoms with van der Waals surface area (Å²) >= 11 is 2.18. The summed E-state index contributed by atoms with van der Waals surface area (Å²) in [4.78, 5) is 0. The minimum Gasteiger partial charge on any atom is -0.315 e. The number of rotatable bonds is 9. The first-order valence-electron chi connectivity index (χ1n) is 7.26. The van der Waals surface area contributed by atoms with Crippen molar-refractivity contribution in [3.8, 4) is 0 Å². The molecule has 0 aromatic carbocycles. The Morgan fingerprint density at radius 1 is 1.00 bits per heavy atom. The molecule has 1 heterocycles. The molecule has 16 heavy (non-hydrogen) atoms. The molecule has 0 aliphatic carbocycles. The Kier molecular flexibility index (Phi) is 9.40. The average molecular weight is 243 g/mol. The number of nitrogens with one attached hydrogen (secondary N) is 1. The quantitative estimate of drug-likeness (QED) is 0.608. The zero-order valence-electron chi connectivity index (χ0n) is 11.0. The summed E-state index contributed by atoms with van der Waals surface area (Å²) in [6.07, 6.45) is 13.0. The molecule has 1 aliphatic heterocycles. The molecule has 0 amide bonds. The molecule has 1 fully saturated rings. The summed E-state index contributed by atoms with van der Waals surface area (Å²) < 4.78 is 0. The minimum atomic E-state index is 0.911. The summed E-state index contributed by atoms with van der Waals surface area (Å²) in [5.74, 6) is 1.32. The van der Waals surface area contributed by atoms with Gasteiger partial charge in [-0.3, -0.25) is 0 Å². The van der Waals surface area contributed by atoms with Gasteiger partial charge in [0, 0.05) is 24.1 Å². The van der Waals surface area contributed by atoms with Crippen molar-refractivity contribution in [1.82, 2.24) is 5.32 Å². The van der Waals surface area contributed by atoms with Gasteiger partial charge in [0.2, 0.25) is 0 Å². The monoisotopic (exact) mass is 243 g/mol. The van der Waals surface area contributed by atoms with E-state index in [2.05, 4.69) is 24.0 Å². The zero-order chi connectivity index (χ0) is 11.5. The van der Waals surface area contributed by atoms with E-state index in [1.54, 1.807) is 0 Å². The minimum absolute atomic E-state index is 0.911. The zero-order valence-corrected chi connectivity index (χ0v) is 11.8. The van der Waals surface area contributed by atoms with Crippen LogP contribution in [0.5, 0.6) is 0 Å². The van der Waals surface area contributed by atoms with E-state index in [4.69, 9.17) is 0 Å². The Balaban J connectivity index is 1.77. The van der Waals surface area contributed by atoms with Gasteiger partial charge in [0.05, 0.1) is 0 Å². The van der Waals surface area contributed by atoms with Crippen LogP contribution in [0.3, 0.4) is 0 Å². The van der Waals surface area contributed by atoms with Crippen molar-refractivity contribution in [1.29, 1.82) is 0 Å². The smallest absolute Gasteiger partial charge is 0.0172 e. The molecule has 0 saturated carbocycles. The lowest BCUT2D eigenvalue weighted by molar-refractivity contribution is 0.548. The van der Waals surface area contributed by atoms with Crippen molar-refractivity contribution in [2.75, 3.05) is 18.8 Å². The average Bonchev–Trinajstić information content (AvgIpc) is 2.34. The molecular formula is C14H29NS. The normalized spacial score (nSPS) is 21.2. The molecule has 2 heteroatoms. The van der Waals surface area contributed by atoms with Crippen LogP contribution in [-0.4, -0.2) is 24.1 Å². The van der Waals surface area contributed by atoms with E-state index < -0.39 is 0 Å². The maximum absolute atomic E-state index is 3.49. The summed E-state index contributed by atoms with van der Waals surface area (Å²) in [7, 11) is 0. The van der Waals surface area contributed by atoms with Crippen molar-refractivity contribution < 1.29 is 0 Å². The molecule has 0 aromatic heterocycles. The molecule has 1 rings (SSSR count). The van der Waals surface area contributed by atoms with Crippen molar-refractivity contribution in [2.24, 2.45) is 0 Å². The van der Waals surface area contributed by atoms with Gasteiger partial charge < -0.3 is 5.32 Å². The van der Waals surface area contributed by atoms with Gasteiger partial charge in [-0.25, -0.2) is 0 Å². The molecule has 0 aromatic rings. The van der Waals surface area contributed by atoms with Gasteiger partial charge in [0.1, 0.15) is 0 Å². The van der Waals surface area contributed by atoms with Crippen molar-refractivity contribution in [3.05, 3.63) is 0 Å². The number of thioether (sulfide) groups is 1. The fraction of sp³-hybridized carbons (Fsp3) is 1.00. The van der Waals surface area contributed by atoms with Crippen LogP contribution in [0.15, 0.2) is 0 Å². The summed E-state index contributed by atoms with van der Waals surface area (Å²) in [5.41, 5.74) is 0. The fourth-order valence-corrected chi connectivity index (χ4v) is 3.48. The summed E-state index contributed by atoms with van der Waals surface area (Å²) in [6, 6.07) is 0. The van der Waals surface area contributed by atoms with Crippen LogP contribution >= 0.6 is 11.8 Å². The van der Waals surface area contributed by atoms with E-state index >= 15 is 0 Å². The van der Waals surface area contributed by atoms with Gasteiger partial charge in [0.25, 0.3) is 0 Å². The van der Waals surface area contributed by atoms with Crippen LogP contribution in [0.25, 0.3) is 0 Å². The Morgan fingerprint density at radius 3 is 2.31 bits per heavy atom. The highest BCUT2D eigenvalue weighted by Gasteiger charge is 2.12. The number of hydrogen-bond donors (Lipinski definition) is 1. The highest BCUT2D eigenvalue weighted by molar-refractivity contribution is 8.00. The third kappa shape index (κ3) is 7.56. The summed E-state index contributed by atoms with van der Waals surface area (Å²) in [6.45, 7) is 4.76. The third-order valence-electron chi connectivity index (χ3n) is 3.38. The van der Waals surface area contributed by atoms with Crippen molar-refractivity contribution >= 4 is 11.8 Å². The standard InChI is InChI=1S/C14H29NS/c1-2-3-4-5-6-7-8-9-10-14-13-15-11-12-16-14/h14-15H,2-13H2,1H3. The van der Waals surface area contributed by atoms with Crippen molar-refractivity contribution in [2.45, 2.75) is 70.0 Å². The molecule has 1 aliphatic rings. The van der Waals surface area contributed by atoms with Crippen molar-refractivity contribution in [3.63, 3.8) is 0 Å². The second kappa shape index (κ2) is 10.5. The van der Waals surface area contributed by atoms with E-state index in [0.717, 1.165) is 5.25 Å². The second-order valence-electron chi connectivity index (χ2n) is 4.96. The lowest BCUT2D eigenvalue weighted by Crippen LogP contribution is -2.32. The van der Waals surface area contributed by atoms with Gasteiger partial charge in [-0.05, 0) is 6.42 Å². The van der Waals surface area contributed by atoms with E-state index in [9.17, 15) is 0 Å². The SMILES string of the molecule is CCCCCCCCCCC1CNCCS1. The summed E-state index contributed by atoms with van der Waals surface area (Å²) in [5, 5.41) is 4.40. The predicted molar refractivity (Wildman–Crippen MR) is 76.3 cm³/mol. The molecule has 96 valence electrons. The van der Waals surface area contributed by atoms with E-state index in [-0.39, 0.29) is 0 Å². The molecule has 1 saturated heterocycles. The van der Waals surface area contributed by atoms with E-state index in [0.29, 0.717) is 0 Å². The maximum atomic E-state index is 3.49. The van der Waals surface area contributed by atoms with Crippen LogP contribution in [0.1, 0.15) is 64.7 Å². The molecule has 1 nitrogen and oxygen atoms in total. The van der Waals surface area contributed by atoms with Gasteiger partial charge in [-0.2, -0.15) is 11.8 Å². The fourth-order valence-electron chi connectivity index (χ4n) is 2.31. The first kappa shape index (κ1) is 14.4. The van der Waals surface area contributed by atoms with Crippen LogP contribution in [0.2, 0.25) is 0 Å². The lowest BCUT2D eigenvalue weighted by Gasteiger charge is -2.22. The Labute approximate surface area is 106 Å². The van der Waals surface area contributed by atoms with Gasteiger partial charge in [-0.1, -0.05) is 58.3 Å². The molecule has 1 unspecified atom stereocenters. The lowest BCUT2D eigenvalue weighted by atomic mass is 10.1. The molecule has 1 atom stereocenters. The molecule has 1 N–H and O–H groups in total. The number of unbranched alkanes of at least 4 members (excludes halogenated alkanes) is 7. The second-order valence-corrected chi connectivity index (χ2v) is 6.37. The maximum Gasteiger partial charge on any atom is 0.0172 e. The van der Waals surface area contributed by atoms with E-state index in [1.807, 2.05) is 0 Å². The Hall–Kier alpha value is 0.310. The van der Waals surface area contributed by atoms with Crippen LogP contribution in [0, 0.1) is 0 Å². The topological polar surface area (TPSA) is 12.0 Å². The predicted octanol–water partition coefficient (Wildman–Crippen LogP) is 4.22.